The van der Waals surface area contributed by atoms with E-state index in [-0.39, 0.29) is 17.2 Å². The highest BCUT2D eigenvalue weighted by molar-refractivity contribution is 8.00. The minimum atomic E-state index is -0.314. The first-order valence-electron chi connectivity index (χ1n) is 6.90. The van der Waals surface area contributed by atoms with Gasteiger partial charge < -0.3 is 10.1 Å². The number of hydrogen-bond acceptors (Lipinski definition) is 6. The van der Waals surface area contributed by atoms with Crippen LogP contribution in [0.4, 0.5) is 5.69 Å². The van der Waals surface area contributed by atoms with Gasteiger partial charge in [-0.05, 0) is 55.5 Å². The number of anilines is 1. The predicted octanol–water partition coefficient (Wildman–Crippen LogP) is 2.38. The second-order valence-electron chi connectivity index (χ2n) is 4.98. The lowest BCUT2D eigenvalue weighted by atomic mass is 10.3. The van der Waals surface area contributed by atoms with Crippen LogP contribution in [0.3, 0.4) is 0 Å². The number of rotatable bonds is 6. The van der Waals surface area contributed by atoms with Crippen LogP contribution in [-0.2, 0) is 4.79 Å². The molecule has 0 spiro atoms. The summed E-state index contributed by atoms with van der Waals surface area (Å²) < 4.78 is 6.78. The molecule has 8 heteroatoms. The Kier molecular flexibility index (Phi) is 5.37. The highest BCUT2D eigenvalue weighted by Gasteiger charge is 2.19. The Balaban J connectivity index is 1.98. The molecule has 1 N–H and O–H groups in total. The summed E-state index contributed by atoms with van der Waals surface area (Å²) in [5.41, 5.74) is 0.724. The maximum absolute atomic E-state index is 12.2. The van der Waals surface area contributed by atoms with Gasteiger partial charge in [0.1, 0.15) is 5.75 Å². The highest BCUT2D eigenvalue weighted by Crippen LogP contribution is 2.24. The topological polar surface area (TPSA) is 81.9 Å². The van der Waals surface area contributed by atoms with Gasteiger partial charge in [0, 0.05) is 5.69 Å². The third-order valence-corrected chi connectivity index (χ3v) is 4.01. The van der Waals surface area contributed by atoms with Crippen LogP contribution in [0.5, 0.6) is 5.75 Å². The molecule has 1 heterocycles. The largest absolute Gasteiger partial charge is 0.497 e. The van der Waals surface area contributed by atoms with Gasteiger partial charge >= 0.3 is 0 Å². The van der Waals surface area contributed by atoms with Crippen LogP contribution in [0, 0.1) is 0 Å². The zero-order chi connectivity index (χ0) is 16.1. The monoisotopic (exact) mass is 321 g/mol. The van der Waals surface area contributed by atoms with Gasteiger partial charge in [0.15, 0.2) is 0 Å². The molecule has 0 bridgehead atoms. The van der Waals surface area contributed by atoms with Crippen molar-refractivity contribution in [2.24, 2.45) is 0 Å². The van der Waals surface area contributed by atoms with Crippen LogP contribution < -0.4 is 10.1 Å². The summed E-state index contributed by atoms with van der Waals surface area (Å²) in [6.07, 6.45) is 0. The average Bonchev–Trinajstić information content (AvgIpc) is 2.96. The summed E-state index contributed by atoms with van der Waals surface area (Å²) in [7, 11) is 1.60. The number of thioether (sulfide) groups is 1. The predicted molar refractivity (Wildman–Crippen MR) is 85.1 cm³/mol. The molecule has 118 valence electrons. The van der Waals surface area contributed by atoms with E-state index < -0.39 is 0 Å². The zero-order valence-electron chi connectivity index (χ0n) is 13.0. The Hall–Kier alpha value is -2.09. The minimum Gasteiger partial charge on any atom is -0.497 e. The molecule has 2 rings (SSSR count). The van der Waals surface area contributed by atoms with E-state index in [0.717, 1.165) is 11.4 Å². The SMILES string of the molecule is COc1ccc(NC(=O)[C@@H](C)Sc2nnnn2C(C)C)cc1. The molecule has 0 saturated heterocycles. The molecule has 7 nitrogen and oxygen atoms in total. The molecule has 2 aromatic rings. The van der Waals surface area contributed by atoms with E-state index in [0.29, 0.717) is 5.16 Å². The Bertz CT molecular complexity index is 626. The third kappa shape index (κ3) is 3.97. The van der Waals surface area contributed by atoms with Gasteiger partial charge in [-0.2, -0.15) is 0 Å². The van der Waals surface area contributed by atoms with E-state index in [4.69, 9.17) is 4.74 Å². The van der Waals surface area contributed by atoms with Crippen molar-refractivity contribution in [2.45, 2.75) is 37.2 Å². The summed E-state index contributed by atoms with van der Waals surface area (Å²) in [5.74, 6) is 0.644. The molecule has 0 aliphatic heterocycles. The Morgan fingerprint density at radius 1 is 1.27 bits per heavy atom. The van der Waals surface area contributed by atoms with Gasteiger partial charge in [-0.1, -0.05) is 11.8 Å². The summed E-state index contributed by atoms with van der Waals surface area (Å²) in [6.45, 7) is 5.80. The summed E-state index contributed by atoms with van der Waals surface area (Å²) in [4.78, 5) is 12.2. The van der Waals surface area contributed by atoms with E-state index in [1.54, 1.807) is 36.1 Å². The Morgan fingerprint density at radius 3 is 2.55 bits per heavy atom. The molecule has 1 amide bonds. The number of amides is 1. The molecular formula is C14H19N5O2S. The van der Waals surface area contributed by atoms with Crippen molar-refractivity contribution in [1.82, 2.24) is 20.2 Å². The number of hydrogen-bond donors (Lipinski definition) is 1. The lowest BCUT2D eigenvalue weighted by molar-refractivity contribution is -0.115. The van der Waals surface area contributed by atoms with Crippen molar-refractivity contribution in [1.29, 1.82) is 0 Å². The fraction of sp³-hybridized carbons (Fsp3) is 0.429. The van der Waals surface area contributed by atoms with E-state index in [9.17, 15) is 4.79 Å². The Labute approximate surface area is 133 Å². The molecule has 1 aromatic heterocycles. The number of tetrazole rings is 1. The van der Waals surface area contributed by atoms with Crippen LogP contribution in [0.1, 0.15) is 26.8 Å². The van der Waals surface area contributed by atoms with Crippen molar-refractivity contribution in [3.63, 3.8) is 0 Å². The van der Waals surface area contributed by atoms with Crippen molar-refractivity contribution in [3.05, 3.63) is 24.3 Å². The molecule has 22 heavy (non-hydrogen) atoms. The van der Waals surface area contributed by atoms with Crippen molar-refractivity contribution >= 4 is 23.4 Å². The number of carbonyl (C=O) groups is 1. The van der Waals surface area contributed by atoms with Crippen molar-refractivity contribution < 1.29 is 9.53 Å². The molecule has 0 radical (unpaired) electrons. The summed E-state index contributed by atoms with van der Waals surface area (Å²) in [5, 5.41) is 14.7. The van der Waals surface area contributed by atoms with E-state index in [1.165, 1.54) is 11.8 Å². The maximum atomic E-state index is 12.2. The smallest absolute Gasteiger partial charge is 0.237 e. The van der Waals surface area contributed by atoms with Gasteiger partial charge in [0.05, 0.1) is 18.4 Å². The molecule has 1 aromatic carbocycles. The number of nitrogens with one attached hydrogen (secondary N) is 1. The van der Waals surface area contributed by atoms with E-state index in [2.05, 4.69) is 20.8 Å². The van der Waals surface area contributed by atoms with Crippen LogP contribution >= 0.6 is 11.8 Å². The maximum Gasteiger partial charge on any atom is 0.237 e. The van der Waals surface area contributed by atoms with Crippen LogP contribution in [0.15, 0.2) is 29.4 Å². The second kappa shape index (κ2) is 7.26. The summed E-state index contributed by atoms with van der Waals surface area (Å²) in [6, 6.07) is 7.34. The molecule has 1 atom stereocenters. The first-order valence-corrected chi connectivity index (χ1v) is 7.78. The normalized spacial score (nSPS) is 12.2. The molecule has 0 saturated carbocycles. The molecular weight excluding hydrogens is 302 g/mol. The summed E-state index contributed by atoms with van der Waals surface area (Å²) >= 11 is 1.33. The molecule has 0 fully saturated rings. The fourth-order valence-electron chi connectivity index (χ4n) is 1.72. The minimum absolute atomic E-state index is 0.103. The van der Waals surface area contributed by atoms with Gasteiger partial charge in [-0.15, -0.1) is 5.10 Å². The number of carbonyl (C=O) groups excluding carboxylic acids is 1. The Morgan fingerprint density at radius 2 is 1.95 bits per heavy atom. The highest BCUT2D eigenvalue weighted by atomic mass is 32.2. The first-order chi connectivity index (χ1) is 10.5. The van der Waals surface area contributed by atoms with Gasteiger partial charge in [0.2, 0.25) is 11.1 Å². The zero-order valence-corrected chi connectivity index (χ0v) is 13.8. The average molecular weight is 321 g/mol. The van der Waals surface area contributed by atoms with Gasteiger partial charge in [-0.3, -0.25) is 4.79 Å². The molecule has 0 unspecified atom stereocenters. The molecule has 0 aliphatic carbocycles. The first kappa shape index (κ1) is 16.3. The standard InChI is InChI=1S/C14H19N5O2S/c1-9(2)19-14(16-17-18-19)22-10(3)13(20)15-11-5-7-12(21-4)8-6-11/h5-10H,1-4H3,(H,15,20)/t10-/m1/s1. The van der Waals surface area contributed by atoms with Crippen LogP contribution in [0.25, 0.3) is 0 Å². The van der Waals surface area contributed by atoms with E-state index in [1.807, 2.05) is 20.8 Å². The lowest BCUT2D eigenvalue weighted by Crippen LogP contribution is -2.23. The van der Waals surface area contributed by atoms with Crippen LogP contribution in [0.2, 0.25) is 0 Å². The van der Waals surface area contributed by atoms with Gasteiger partial charge in [-0.25, -0.2) is 4.68 Å². The molecule has 0 aliphatic rings. The fourth-order valence-corrected chi connectivity index (χ4v) is 2.64. The van der Waals surface area contributed by atoms with E-state index >= 15 is 0 Å². The van der Waals surface area contributed by atoms with Gasteiger partial charge in [0.25, 0.3) is 0 Å². The number of nitrogens with zero attached hydrogens (tertiary/aromatic N) is 4. The quantitative estimate of drug-likeness (QED) is 0.823. The number of benzene rings is 1. The number of ether oxygens (including phenoxy) is 1. The van der Waals surface area contributed by atoms with Crippen LogP contribution in [-0.4, -0.2) is 38.5 Å². The lowest BCUT2D eigenvalue weighted by Gasteiger charge is -2.13. The van der Waals surface area contributed by atoms with Crippen molar-refractivity contribution in [2.75, 3.05) is 12.4 Å². The third-order valence-electron chi connectivity index (χ3n) is 2.96. The number of aromatic nitrogens is 4. The second-order valence-corrected chi connectivity index (χ2v) is 6.29. The number of methoxy groups -OCH3 is 1. The van der Waals surface area contributed by atoms with Crippen molar-refractivity contribution in [3.8, 4) is 5.75 Å².